The van der Waals surface area contributed by atoms with Crippen LogP contribution in [0.15, 0.2) is 9.98 Å². The van der Waals surface area contributed by atoms with E-state index in [2.05, 4.69) is 30.8 Å². The summed E-state index contributed by atoms with van der Waals surface area (Å²) in [6.07, 6.45) is 0. The molecular formula is C7H12N2S. The first-order valence-corrected chi connectivity index (χ1v) is 4.34. The molecule has 0 bridgehead atoms. The Balaban J connectivity index is 2.73. The van der Waals surface area contributed by atoms with Gasteiger partial charge in [-0.2, -0.15) is 0 Å². The van der Waals surface area contributed by atoms with E-state index in [1.807, 2.05) is 5.55 Å². The summed E-state index contributed by atoms with van der Waals surface area (Å²) in [5.41, 5.74) is 1.98. The Morgan fingerprint density at radius 1 is 1.50 bits per heavy atom. The van der Waals surface area contributed by atoms with Crippen molar-refractivity contribution in [2.45, 2.75) is 20.8 Å². The van der Waals surface area contributed by atoms with Crippen molar-refractivity contribution in [2.75, 3.05) is 5.88 Å². The summed E-state index contributed by atoms with van der Waals surface area (Å²) in [6, 6.07) is 0. The third-order valence-corrected chi connectivity index (χ3v) is 1.74. The Morgan fingerprint density at radius 2 is 2.20 bits per heavy atom. The normalized spacial score (nSPS) is 18.9. The van der Waals surface area contributed by atoms with Crippen LogP contribution in [0.2, 0.25) is 0 Å². The monoisotopic (exact) mass is 156 g/mol. The fraction of sp³-hybridized carbons (Fsp3) is 0.714. The highest BCUT2D eigenvalue weighted by atomic mass is 32.2. The molecule has 0 aromatic carbocycles. The first-order chi connectivity index (χ1) is 4.61. The summed E-state index contributed by atoms with van der Waals surface area (Å²) >= 11 is 1.64. The van der Waals surface area contributed by atoms with Crippen LogP contribution >= 0.6 is 11.8 Å². The van der Waals surface area contributed by atoms with Crippen molar-refractivity contribution in [2.24, 2.45) is 15.4 Å². The Labute approximate surface area is 65.8 Å². The van der Waals surface area contributed by atoms with Gasteiger partial charge >= 0.3 is 0 Å². The quantitative estimate of drug-likeness (QED) is 0.527. The van der Waals surface area contributed by atoms with Gasteiger partial charge in [-0.05, 0) is 0 Å². The smallest absolute Gasteiger partial charge is 0.130 e. The molecule has 0 amide bonds. The summed E-state index contributed by atoms with van der Waals surface area (Å²) < 4.78 is 0. The highest BCUT2D eigenvalue weighted by Gasteiger charge is 2.18. The van der Waals surface area contributed by atoms with E-state index in [0.717, 1.165) is 11.7 Å². The second-order valence-electron chi connectivity index (χ2n) is 3.26. The maximum atomic E-state index is 4.28. The Kier molecular flexibility index (Phi) is 2.14. The van der Waals surface area contributed by atoms with Crippen molar-refractivity contribution in [3.05, 3.63) is 0 Å². The molecule has 0 spiro atoms. The summed E-state index contributed by atoms with van der Waals surface area (Å²) in [7, 11) is 0. The Bertz CT molecular complexity index is 177. The zero-order valence-electron chi connectivity index (χ0n) is 6.59. The van der Waals surface area contributed by atoms with Gasteiger partial charge in [0.2, 0.25) is 0 Å². The second kappa shape index (κ2) is 2.74. The van der Waals surface area contributed by atoms with Gasteiger partial charge in [0, 0.05) is 5.41 Å². The van der Waals surface area contributed by atoms with Crippen molar-refractivity contribution in [3.8, 4) is 0 Å². The molecule has 0 aromatic rings. The van der Waals surface area contributed by atoms with Gasteiger partial charge < -0.3 is 0 Å². The highest BCUT2D eigenvalue weighted by molar-refractivity contribution is 8.12. The summed E-state index contributed by atoms with van der Waals surface area (Å²) in [6.45, 7) is 6.37. The number of aliphatic imine (C=N–C) groups is 2. The Morgan fingerprint density at radius 3 is 2.50 bits per heavy atom. The summed E-state index contributed by atoms with van der Waals surface area (Å²) in [5, 5.41) is 0. The van der Waals surface area contributed by atoms with E-state index in [-0.39, 0.29) is 5.41 Å². The van der Waals surface area contributed by atoms with Crippen molar-refractivity contribution in [1.29, 1.82) is 0 Å². The van der Waals surface area contributed by atoms with E-state index in [9.17, 15) is 0 Å². The third-order valence-electron chi connectivity index (χ3n) is 1.21. The predicted molar refractivity (Wildman–Crippen MR) is 47.8 cm³/mol. The lowest BCUT2D eigenvalue weighted by Gasteiger charge is -2.18. The molecule has 3 heteroatoms. The van der Waals surface area contributed by atoms with Gasteiger partial charge in [0.15, 0.2) is 0 Å². The van der Waals surface area contributed by atoms with Gasteiger partial charge in [-0.3, -0.25) is 4.99 Å². The van der Waals surface area contributed by atoms with Gasteiger partial charge in [-0.15, -0.1) is 0 Å². The minimum absolute atomic E-state index is 0.109. The number of nitrogens with zero attached hydrogens (tertiary/aromatic N) is 2. The lowest BCUT2D eigenvalue weighted by atomic mass is 9.95. The summed E-state index contributed by atoms with van der Waals surface area (Å²) in [4.78, 5) is 8.47. The molecule has 1 heterocycles. The van der Waals surface area contributed by atoms with Gasteiger partial charge in [0.25, 0.3) is 0 Å². The topological polar surface area (TPSA) is 24.7 Å². The van der Waals surface area contributed by atoms with Crippen LogP contribution in [0.3, 0.4) is 0 Å². The van der Waals surface area contributed by atoms with Crippen molar-refractivity contribution < 1.29 is 0 Å². The molecule has 0 fully saturated rings. The van der Waals surface area contributed by atoms with E-state index in [1.54, 1.807) is 11.8 Å². The van der Waals surface area contributed by atoms with Gasteiger partial charge in [0.05, 0.1) is 11.4 Å². The SMILES string of the molecule is CC(C)(C)C1=NCSC=N1. The molecule has 0 radical (unpaired) electrons. The Hall–Kier alpha value is -0.310. The van der Waals surface area contributed by atoms with Crippen LogP contribution < -0.4 is 0 Å². The molecule has 0 N–H and O–H groups in total. The van der Waals surface area contributed by atoms with E-state index < -0.39 is 0 Å². The number of hydrogen-bond acceptors (Lipinski definition) is 3. The van der Waals surface area contributed by atoms with Crippen LogP contribution in [-0.2, 0) is 0 Å². The number of thioether (sulfide) groups is 1. The molecular weight excluding hydrogens is 144 g/mol. The van der Waals surface area contributed by atoms with Gasteiger partial charge in [0.1, 0.15) is 5.84 Å². The zero-order valence-corrected chi connectivity index (χ0v) is 7.40. The molecule has 1 aliphatic heterocycles. The first kappa shape index (κ1) is 7.79. The number of hydrogen-bond donors (Lipinski definition) is 0. The minimum atomic E-state index is 0.109. The number of rotatable bonds is 0. The van der Waals surface area contributed by atoms with Crippen LogP contribution in [0.25, 0.3) is 0 Å². The van der Waals surface area contributed by atoms with Crippen molar-refractivity contribution in [1.82, 2.24) is 0 Å². The number of amidine groups is 1. The van der Waals surface area contributed by atoms with Crippen molar-refractivity contribution >= 4 is 23.1 Å². The van der Waals surface area contributed by atoms with E-state index in [4.69, 9.17) is 0 Å². The molecule has 0 saturated heterocycles. The maximum absolute atomic E-state index is 4.28. The van der Waals surface area contributed by atoms with Gasteiger partial charge in [-0.1, -0.05) is 32.5 Å². The molecule has 1 rings (SSSR count). The zero-order chi connectivity index (χ0) is 7.61. The van der Waals surface area contributed by atoms with Crippen LogP contribution in [0.5, 0.6) is 0 Å². The molecule has 0 unspecified atom stereocenters. The standard InChI is InChI=1S/C7H12N2S/c1-7(2,3)6-8-4-10-5-9-6/h4H,5H2,1-3H3. The van der Waals surface area contributed by atoms with E-state index in [1.165, 1.54) is 0 Å². The molecule has 0 saturated carbocycles. The molecule has 56 valence electrons. The molecule has 0 aromatic heterocycles. The largest absolute Gasteiger partial charge is 0.259 e. The summed E-state index contributed by atoms with van der Waals surface area (Å²) in [5.74, 6) is 1.79. The lowest BCUT2D eigenvalue weighted by Crippen LogP contribution is -2.19. The molecule has 1 aliphatic rings. The second-order valence-corrected chi connectivity index (χ2v) is 4.06. The van der Waals surface area contributed by atoms with Crippen LogP contribution in [-0.4, -0.2) is 17.3 Å². The minimum Gasteiger partial charge on any atom is -0.259 e. The maximum Gasteiger partial charge on any atom is 0.130 e. The predicted octanol–water partition coefficient (Wildman–Crippen LogP) is 2.16. The first-order valence-electron chi connectivity index (χ1n) is 3.30. The molecule has 10 heavy (non-hydrogen) atoms. The molecule has 2 nitrogen and oxygen atoms in total. The fourth-order valence-electron chi connectivity index (χ4n) is 0.691. The molecule has 0 aliphatic carbocycles. The lowest BCUT2D eigenvalue weighted by molar-refractivity contribution is 0.584. The van der Waals surface area contributed by atoms with E-state index in [0.29, 0.717) is 0 Å². The average Bonchev–Trinajstić information content (AvgIpc) is 1.88. The third kappa shape index (κ3) is 1.84. The van der Waals surface area contributed by atoms with Crippen molar-refractivity contribution in [3.63, 3.8) is 0 Å². The highest BCUT2D eigenvalue weighted by Crippen LogP contribution is 2.19. The average molecular weight is 156 g/mol. The molecule has 0 atom stereocenters. The van der Waals surface area contributed by atoms with Crippen LogP contribution in [0.1, 0.15) is 20.8 Å². The van der Waals surface area contributed by atoms with Crippen LogP contribution in [0.4, 0.5) is 0 Å². The van der Waals surface area contributed by atoms with Crippen LogP contribution in [0, 0.1) is 5.41 Å². The van der Waals surface area contributed by atoms with Gasteiger partial charge in [-0.25, -0.2) is 4.99 Å². The van der Waals surface area contributed by atoms with E-state index >= 15 is 0 Å². The fourth-order valence-corrected chi connectivity index (χ4v) is 1.13.